The molecule has 3 fully saturated rings. The molecule has 8 nitrogen and oxygen atoms in total. The van der Waals surface area contributed by atoms with Gasteiger partial charge in [0.2, 0.25) is 11.8 Å². The van der Waals surface area contributed by atoms with E-state index in [0.29, 0.717) is 50.7 Å². The maximum absolute atomic E-state index is 13.0. The van der Waals surface area contributed by atoms with Crippen LogP contribution >= 0.6 is 0 Å². The van der Waals surface area contributed by atoms with E-state index in [9.17, 15) is 18.0 Å². The van der Waals surface area contributed by atoms with Crippen molar-refractivity contribution in [2.45, 2.75) is 44.0 Å². The van der Waals surface area contributed by atoms with Gasteiger partial charge in [-0.15, -0.1) is 0 Å². The molecule has 3 atom stereocenters. The predicted octanol–water partition coefficient (Wildman–Crippen LogP) is 2.53. The Kier molecular flexibility index (Phi) is 8.30. The van der Waals surface area contributed by atoms with Crippen LogP contribution < -0.4 is 4.74 Å². The van der Waals surface area contributed by atoms with Crippen molar-refractivity contribution in [1.82, 2.24) is 9.88 Å². The van der Waals surface area contributed by atoms with Crippen LogP contribution in [0.4, 0.5) is 13.2 Å². The van der Waals surface area contributed by atoms with Crippen molar-refractivity contribution in [3.63, 3.8) is 0 Å². The summed E-state index contributed by atoms with van der Waals surface area (Å²) < 4.78 is 48.9. The van der Waals surface area contributed by atoms with Crippen molar-refractivity contribution in [1.29, 1.82) is 0 Å². The number of carbonyl (C=O) groups is 2. The van der Waals surface area contributed by atoms with E-state index in [1.807, 2.05) is 18.2 Å². The van der Waals surface area contributed by atoms with Crippen LogP contribution in [0.2, 0.25) is 0 Å². The van der Waals surface area contributed by atoms with Gasteiger partial charge >= 0.3 is 12.1 Å². The lowest BCUT2D eigenvalue weighted by atomic mass is 9.96. The second kappa shape index (κ2) is 11.0. The molecule has 3 heterocycles. The highest BCUT2D eigenvalue weighted by Crippen LogP contribution is 2.36. The summed E-state index contributed by atoms with van der Waals surface area (Å²) in [5, 5.41) is 7.12. The molecule has 1 N–H and O–H groups in total. The number of nitrogens with zero attached hydrogens (tertiary/aromatic N) is 2. The van der Waals surface area contributed by atoms with Crippen LogP contribution in [0.1, 0.15) is 25.7 Å². The van der Waals surface area contributed by atoms with Crippen LogP contribution in [0, 0.1) is 11.8 Å². The van der Waals surface area contributed by atoms with E-state index in [1.54, 1.807) is 6.20 Å². The Bertz CT molecular complexity index is 758. The standard InChI is InChI=1S/C19H26N2O4.C2HF3O2/c22-19(15-4-8-23-9-5-15)21-7-10-24-17-12-14(11-16(17)21)13-25-18-3-1-2-6-20-18;3-2(4,5)1(6)7/h1-3,6,14-17H,4-5,7-13H2;(H,6,7). The second-order valence-electron chi connectivity index (χ2n) is 8.01. The van der Waals surface area contributed by atoms with Crippen LogP contribution in [0.25, 0.3) is 0 Å². The van der Waals surface area contributed by atoms with E-state index < -0.39 is 12.1 Å². The number of hydrogen-bond donors (Lipinski definition) is 1. The quantitative estimate of drug-likeness (QED) is 0.737. The Hall–Kier alpha value is -2.40. The third-order valence-electron chi connectivity index (χ3n) is 5.83. The highest BCUT2D eigenvalue weighted by Gasteiger charge is 2.44. The molecule has 0 spiro atoms. The fourth-order valence-corrected chi connectivity index (χ4v) is 4.27. The average molecular weight is 460 g/mol. The number of pyridine rings is 1. The van der Waals surface area contributed by atoms with Gasteiger partial charge in [0, 0.05) is 37.9 Å². The number of alkyl halides is 3. The van der Waals surface area contributed by atoms with Crippen LogP contribution in [-0.4, -0.2) is 78.2 Å². The molecule has 32 heavy (non-hydrogen) atoms. The lowest BCUT2D eigenvalue weighted by molar-refractivity contribution is -0.192. The summed E-state index contributed by atoms with van der Waals surface area (Å²) in [6, 6.07) is 5.87. The number of carbonyl (C=O) groups excluding carboxylic acids is 1. The minimum Gasteiger partial charge on any atom is -0.477 e. The zero-order valence-electron chi connectivity index (χ0n) is 17.5. The number of hydrogen-bond acceptors (Lipinski definition) is 6. The Morgan fingerprint density at radius 3 is 2.53 bits per heavy atom. The van der Waals surface area contributed by atoms with Gasteiger partial charge in [0.1, 0.15) is 0 Å². The van der Waals surface area contributed by atoms with Crippen LogP contribution in [0.15, 0.2) is 24.4 Å². The fraction of sp³-hybridized carbons (Fsp3) is 0.667. The summed E-state index contributed by atoms with van der Waals surface area (Å²) in [5.41, 5.74) is 0. The highest BCUT2D eigenvalue weighted by molar-refractivity contribution is 5.79. The molecule has 2 aliphatic heterocycles. The Balaban J connectivity index is 0.000000360. The van der Waals surface area contributed by atoms with E-state index in [-0.39, 0.29) is 18.1 Å². The number of amides is 1. The summed E-state index contributed by atoms with van der Waals surface area (Å²) in [6.45, 7) is 3.40. The lowest BCUT2D eigenvalue weighted by Gasteiger charge is -2.40. The maximum Gasteiger partial charge on any atom is 0.490 e. The molecule has 1 saturated carbocycles. The van der Waals surface area contributed by atoms with Crippen LogP contribution in [0.3, 0.4) is 0 Å². The number of rotatable bonds is 4. The van der Waals surface area contributed by atoms with Crippen molar-refractivity contribution < 1.29 is 42.1 Å². The van der Waals surface area contributed by atoms with E-state index >= 15 is 0 Å². The molecular weight excluding hydrogens is 433 g/mol. The van der Waals surface area contributed by atoms with Crippen LogP contribution in [0.5, 0.6) is 5.88 Å². The third kappa shape index (κ3) is 6.55. The topological polar surface area (TPSA) is 98.2 Å². The summed E-state index contributed by atoms with van der Waals surface area (Å²) in [7, 11) is 0. The van der Waals surface area contributed by atoms with Crippen molar-refractivity contribution in [3.8, 4) is 5.88 Å². The average Bonchev–Trinajstić information content (AvgIpc) is 3.21. The predicted molar refractivity (Wildman–Crippen MR) is 105 cm³/mol. The first-order valence-corrected chi connectivity index (χ1v) is 10.6. The highest BCUT2D eigenvalue weighted by atomic mass is 19.4. The molecule has 1 aliphatic carbocycles. The molecule has 0 radical (unpaired) electrons. The zero-order chi connectivity index (χ0) is 23.1. The van der Waals surface area contributed by atoms with Crippen molar-refractivity contribution in [2.24, 2.45) is 11.8 Å². The molecule has 0 aromatic carbocycles. The molecule has 1 amide bonds. The number of aromatic nitrogens is 1. The Labute approximate surface area is 183 Å². The second-order valence-corrected chi connectivity index (χ2v) is 8.01. The minimum atomic E-state index is -5.08. The van der Waals surface area contributed by atoms with E-state index in [4.69, 9.17) is 24.1 Å². The van der Waals surface area contributed by atoms with Crippen molar-refractivity contribution >= 4 is 11.9 Å². The Morgan fingerprint density at radius 2 is 1.91 bits per heavy atom. The first kappa shape index (κ1) is 24.2. The molecule has 2 saturated heterocycles. The van der Waals surface area contributed by atoms with Gasteiger partial charge in [-0.1, -0.05) is 6.07 Å². The molecule has 3 aliphatic rings. The molecule has 4 rings (SSSR count). The molecular formula is C21H27F3N2O6. The van der Waals surface area contributed by atoms with Gasteiger partial charge in [-0.2, -0.15) is 13.2 Å². The number of ether oxygens (including phenoxy) is 3. The van der Waals surface area contributed by atoms with Crippen molar-refractivity contribution in [2.75, 3.05) is 33.0 Å². The van der Waals surface area contributed by atoms with Gasteiger partial charge in [0.15, 0.2) is 0 Å². The third-order valence-corrected chi connectivity index (χ3v) is 5.83. The maximum atomic E-state index is 13.0. The normalized spacial score (nSPS) is 26.0. The minimum absolute atomic E-state index is 0.122. The molecule has 178 valence electrons. The van der Waals surface area contributed by atoms with Crippen molar-refractivity contribution in [3.05, 3.63) is 24.4 Å². The SMILES string of the molecule is O=C(C1CCOCC1)N1CCOC2CC(COc3ccccn3)CC21.O=C(O)C(F)(F)F. The van der Waals surface area contributed by atoms with Gasteiger partial charge < -0.3 is 24.2 Å². The molecule has 1 aromatic rings. The van der Waals surface area contributed by atoms with Gasteiger partial charge in [-0.3, -0.25) is 4.79 Å². The number of halogens is 3. The zero-order valence-corrected chi connectivity index (χ0v) is 17.5. The summed E-state index contributed by atoms with van der Waals surface area (Å²) in [5.74, 6) is -1.27. The van der Waals surface area contributed by atoms with Gasteiger partial charge in [0.25, 0.3) is 0 Å². The smallest absolute Gasteiger partial charge is 0.477 e. The number of morpholine rings is 1. The monoisotopic (exact) mass is 460 g/mol. The first-order chi connectivity index (χ1) is 15.3. The summed E-state index contributed by atoms with van der Waals surface area (Å²) in [4.78, 5) is 28.1. The Morgan fingerprint density at radius 1 is 1.19 bits per heavy atom. The molecule has 11 heteroatoms. The fourth-order valence-electron chi connectivity index (χ4n) is 4.27. The summed E-state index contributed by atoms with van der Waals surface area (Å²) in [6.07, 6.45) is 0.400. The largest absolute Gasteiger partial charge is 0.490 e. The van der Waals surface area contributed by atoms with Gasteiger partial charge in [-0.25, -0.2) is 9.78 Å². The van der Waals surface area contributed by atoms with Gasteiger partial charge in [0.05, 0.1) is 25.4 Å². The lowest BCUT2D eigenvalue weighted by Crippen LogP contribution is -2.53. The van der Waals surface area contributed by atoms with E-state index in [2.05, 4.69) is 9.88 Å². The van der Waals surface area contributed by atoms with E-state index in [0.717, 1.165) is 25.7 Å². The molecule has 0 bridgehead atoms. The van der Waals surface area contributed by atoms with E-state index in [1.165, 1.54) is 0 Å². The molecule has 1 aromatic heterocycles. The van der Waals surface area contributed by atoms with Gasteiger partial charge in [-0.05, 0) is 37.7 Å². The number of fused-ring (bicyclic) bond motifs is 1. The first-order valence-electron chi connectivity index (χ1n) is 10.6. The van der Waals surface area contributed by atoms with Crippen LogP contribution in [-0.2, 0) is 19.1 Å². The number of aliphatic carboxylic acids is 1. The molecule has 3 unspecified atom stereocenters. The number of carboxylic acids is 1. The number of carboxylic acid groups (broad SMARTS) is 1. The summed E-state index contributed by atoms with van der Waals surface area (Å²) >= 11 is 0.